The molecule has 2 aromatic carbocycles. The zero-order chi connectivity index (χ0) is 18.6. The molecule has 0 aliphatic carbocycles. The predicted molar refractivity (Wildman–Crippen MR) is 102 cm³/mol. The van der Waals surface area contributed by atoms with Gasteiger partial charge in [-0.05, 0) is 67.4 Å². The van der Waals surface area contributed by atoms with Gasteiger partial charge >= 0.3 is 0 Å². The monoisotopic (exact) mass is 385 g/mol. The normalized spacial score (nSPS) is 20.2. The topological polar surface area (TPSA) is 65.2 Å². The molecule has 3 heterocycles. The molecule has 5 rings (SSSR count). The molecule has 0 saturated carbocycles. The molecule has 1 saturated heterocycles. The summed E-state index contributed by atoms with van der Waals surface area (Å²) in [6.45, 7) is 2.13. The molecule has 1 aromatic heterocycles. The summed E-state index contributed by atoms with van der Waals surface area (Å²) in [5, 5.41) is 4.21. The van der Waals surface area contributed by atoms with Crippen LogP contribution < -0.4 is 5.32 Å². The van der Waals surface area contributed by atoms with Crippen molar-refractivity contribution in [1.29, 1.82) is 0 Å². The summed E-state index contributed by atoms with van der Waals surface area (Å²) in [7, 11) is -3.43. The van der Waals surface area contributed by atoms with E-state index in [0.29, 0.717) is 11.4 Å². The summed E-state index contributed by atoms with van der Waals surface area (Å²) in [5.41, 5.74) is 3.46. The molecule has 2 aliphatic heterocycles. The molecule has 27 heavy (non-hydrogen) atoms. The van der Waals surface area contributed by atoms with E-state index in [9.17, 15) is 12.8 Å². The highest BCUT2D eigenvalue weighted by molar-refractivity contribution is 7.89. The first-order chi connectivity index (χ1) is 13.0. The number of H-pyrrole nitrogens is 1. The minimum atomic E-state index is -3.43. The number of nitrogens with zero attached hydrogens (tertiary/aromatic N) is 1. The van der Waals surface area contributed by atoms with Gasteiger partial charge in [0.15, 0.2) is 0 Å². The second kappa shape index (κ2) is 6.15. The lowest BCUT2D eigenvalue weighted by Gasteiger charge is -2.30. The van der Waals surface area contributed by atoms with Crippen LogP contribution in [0.15, 0.2) is 47.5 Å². The Labute approximate surface area is 157 Å². The van der Waals surface area contributed by atoms with Gasteiger partial charge in [-0.25, -0.2) is 12.8 Å². The van der Waals surface area contributed by atoms with Crippen molar-refractivity contribution >= 4 is 20.9 Å². The average molecular weight is 385 g/mol. The molecule has 0 unspecified atom stereocenters. The zero-order valence-electron chi connectivity index (χ0n) is 14.7. The van der Waals surface area contributed by atoms with E-state index in [1.54, 1.807) is 16.4 Å². The first kappa shape index (κ1) is 16.9. The highest BCUT2D eigenvalue weighted by Gasteiger charge is 2.39. The number of aromatic amines is 1. The van der Waals surface area contributed by atoms with Gasteiger partial charge in [-0.15, -0.1) is 0 Å². The van der Waals surface area contributed by atoms with Gasteiger partial charge in [0.1, 0.15) is 5.82 Å². The van der Waals surface area contributed by atoms with Crippen molar-refractivity contribution in [3.05, 3.63) is 54.0 Å². The third-order valence-electron chi connectivity index (χ3n) is 5.64. The maximum absolute atomic E-state index is 13.4. The van der Waals surface area contributed by atoms with Crippen LogP contribution in [0.2, 0.25) is 0 Å². The molecule has 1 fully saturated rings. The Morgan fingerprint density at radius 1 is 1.07 bits per heavy atom. The summed E-state index contributed by atoms with van der Waals surface area (Å²) < 4.78 is 41.1. The third-order valence-corrected chi connectivity index (χ3v) is 7.64. The van der Waals surface area contributed by atoms with Gasteiger partial charge in [0.25, 0.3) is 0 Å². The first-order valence-electron chi connectivity index (χ1n) is 9.16. The Balaban J connectivity index is 1.55. The van der Waals surface area contributed by atoms with Crippen molar-refractivity contribution in [3.8, 4) is 11.1 Å². The van der Waals surface area contributed by atoms with Crippen LogP contribution in [0.25, 0.3) is 22.0 Å². The summed E-state index contributed by atoms with van der Waals surface area (Å²) in [4.78, 5) is 3.51. The number of nitrogens with one attached hydrogen (secondary N) is 2. The first-order valence-corrected chi connectivity index (χ1v) is 10.6. The molecule has 2 aliphatic rings. The molecule has 7 heteroatoms. The van der Waals surface area contributed by atoms with Gasteiger partial charge in [-0.2, -0.15) is 4.31 Å². The van der Waals surface area contributed by atoms with E-state index >= 15 is 0 Å². The number of hydrogen-bond donors (Lipinski definition) is 2. The summed E-state index contributed by atoms with van der Waals surface area (Å²) >= 11 is 0. The van der Waals surface area contributed by atoms with Crippen LogP contribution in [-0.2, 0) is 16.6 Å². The summed E-state index contributed by atoms with van der Waals surface area (Å²) in [5.74, 6) is -0.284. The Kier molecular flexibility index (Phi) is 3.86. The molecule has 0 bridgehead atoms. The molecule has 5 nitrogen and oxygen atoms in total. The predicted octanol–water partition coefficient (Wildman–Crippen LogP) is 3.23. The second-order valence-electron chi connectivity index (χ2n) is 7.25. The number of aromatic nitrogens is 1. The number of rotatable bonds is 2. The van der Waals surface area contributed by atoms with E-state index in [0.717, 1.165) is 53.5 Å². The lowest BCUT2D eigenvalue weighted by atomic mass is 10.0. The lowest BCUT2D eigenvalue weighted by Crippen LogP contribution is -2.43. The highest BCUT2D eigenvalue weighted by Crippen LogP contribution is 2.37. The van der Waals surface area contributed by atoms with Crippen molar-refractivity contribution in [2.24, 2.45) is 0 Å². The summed E-state index contributed by atoms with van der Waals surface area (Å²) in [6.07, 6.45) is 3.53. The van der Waals surface area contributed by atoms with Crippen LogP contribution in [0.4, 0.5) is 4.39 Å². The van der Waals surface area contributed by atoms with Crippen molar-refractivity contribution in [1.82, 2.24) is 14.6 Å². The number of benzene rings is 2. The minimum absolute atomic E-state index is 0.0585. The van der Waals surface area contributed by atoms with Crippen LogP contribution in [0.5, 0.6) is 0 Å². The molecular weight excluding hydrogens is 365 g/mol. The molecule has 140 valence electrons. The van der Waals surface area contributed by atoms with Crippen molar-refractivity contribution in [2.45, 2.75) is 30.3 Å². The Hall–Kier alpha value is -2.22. The maximum atomic E-state index is 13.4. The van der Waals surface area contributed by atoms with Gasteiger partial charge in [0, 0.05) is 35.2 Å². The van der Waals surface area contributed by atoms with Crippen LogP contribution in [0, 0.1) is 5.82 Å². The van der Waals surface area contributed by atoms with Crippen molar-refractivity contribution in [2.75, 3.05) is 13.1 Å². The molecular formula is C20H20FN3O2S. The quantitative estimate of drug-likeness (QED) is 0.712. The van der Waals surface area contributed by atoms with Gasteiger partial charge in [-0.3, -0.25) is 0 Å². The van der Waals surface area contributed by atoms with Gasteiger partial charge in [-0.1, -0.05) is 6.07 Å². The lowest BCUT2D eigenvalue weighted by molar-refractivity contribution is 0.265. The maximum Gasteiger partial charge on any atom is 0.243 e. The number of fused-ring (bicyclic) bond motifs is 2. The van der Waals surface area contributed by atoms with Gasteiger partial charge in [0.2, 0.25) is 10.0 Å². The van der Waals surface area contributed by atoms with E-state index in [4.69, 9.17) is 0 Å². The summed E-state index contributed by atoms with van der Waals surface area (Å²) in [6, 6.07) is 10.2. The van der Waals surface area contributed by atoms with Crippen LogP contribution >= 0.6 is 0 Å². The Morgan fingerprint density at radius 2 is 1.89 bits per heavy atom. The number of sulfonamides is 1. The number of halogens is 1. The van der Waals surface area contributed by atoms with E-state index in [-0.39, 0.29) is 11.9 Å². The fraction of sp³-hybridized carbons (Fsp3) is 0.300. The van der Waals surface area contributed by atoms with E-state index in [1.807, 2.05) is 18.3 Å². The Bertz CT molecular complexity index is 1130. The van der Waals surface area contributed by atoms with Crippen LogP contribution in [0.3, 0.4) is 0 Å². The number of hydrogen-bond acceptors (Lipinski definition) is 3. The zero-order valence-corrected chi connectivity index (χ0v) is 15.5. The average Bonchev–Trinajstić information content (AvgIpc) is 3.20. The Morgan fingerprint density at radius 3 is 2.70 bits per heavy atom. The smallest absolute Gasteiger partial charge is 0.243 e. The van der Waals surface area contributed by atoms with E-state index < -0.39 is 10.0 Å². The van der Waals surface area contributed by atoms with Gasteiger partial charge < -0.3 is 10.3 Å². The largest absolute Gasteiger partial charge is 0.360 e. The van der Waals surface area contributed by atoms with Crippen molar-refractivity contribution in [3.63, 3.8) is 0 Å². The highest BCUT2D eigenvalue weighted by atomic mass is 32.2. The van der Waals surface area contributed by atoms with Gasteiger partial charge in [0.05, 0.1) is 4.90 Å². The van der Waals surface area contributed by atoms with E-state index in [2.05, 4.69) is 10.3 Å². The third kappa shape index (κ3) is 2.69. The molecule has 0 amide bonds. The standard InChI is InChI=1S/C20H20FN3O2S/c21-15-2-3-17-18(11-23-19(17)10-15)13-1-4-20-14(9-13)12-24(27(20,25)26)16-5-7-22-8-6-16/h1-4,9-11,16,22-23H,5-8,12H2. The van der Waals surface area contributed by atoms with Crippen molar-refractivity contribution < 1.29 is 12.8 Å². The van der Waals surface area contributed by atoms with E-state index in [1.165, 1.54) is 12.1 Å². The second-order valence-corrected chi connectivity index (χ2v) is 9.11. The fourth-order valence-corrected chi connectivity index (χ4v) is 6.12. The SMILES string of the molecule is O=S1(=O)c2ccc(-c3c[nH]c4cc(F)ccc34)cc2CN1C1CCNCC1. The molecule has 0 radical (unpaired) electrons. The molecule has 2 N–H and O–H groups in total. The number of piperidine rings is 1. The van der Waals surface area contributed by atoms with Crippen LogP contribution in [-0.4, -0.2) is 36.8 Å². The minimum Gasteiger partial charge on any atom is -0.360 e. The molecule has 0 spiro atoms. The van der Waals surface area contributed by atoms with Crippen LogP contribution in [0.1, 0.15) is 18.4 Å². The molecule has 0 atom stereocenters. The fourth-order valence-electron chi connectivity index (χ4n) is 4.26. The molecule has 3 aromatic rings.